The van der Waals surface area contributed by atoms with Gasteiger partial charge < -0.3 is 24.8 Å². The molecule has 0 radical (unpaired) electrons. The highest BCUT2D eigenvalue weighted by Crippen LogP contribution is 2.44. The number of carbonyl (C=O) groups is 3. The summed E-state index contributed by atoms with van der Waals surface area (Å²) in [5.41, 5.74) is 4.64. The molecule has 1 fully saturated rings. The van der Waals surface area contributed by atoms with Crippen LogP contribution in [0.2, 0.25) is 0 Å². The average molecular weight is 481 g/mol. The van der Waals surface area contributed by atoms with Crippen molar-refractivity contribution in [2.75, 3.05) is 33.4 Å². The van der Waals surface area contributed by atoms with Crippen LogP contribution >= 0.6 is 0 Å². The number of methoxy groups -OCH3 is 1. The predicted molar refractivity (Wildman–Crippen MR) is 130 cm³/mol. The van der Waals surface area contributed by atoms with Gasteiger partial charge in [0.15, 0.2) is 0 Å². The minimum Gasteiger partial charge on any atom is -0.481 e. The fourth-order valence-electron chi connectivity index (χ4n) is 4.91. The highest BCUT2D eigenvalue weighted by Gasteiger charge is 2.32. The minimum atomic E-state index is -0.788. The number of carboxylic acids is 1. The SMILES string of the molecule is COC(CNC(=O)OCC1c2ccccc2-c2ccccc21)CC(=O)N1CC(CCCC(=O)O)C1. The summed E-state index contributed by atoms with van der Waals surface area (Å²) in [6.07, 6.45) is 0.789. The van der Waals surface area contributed by atoms with E-state index in [1.54, 1.807) is 4.90 Å². The summed E-state index contributed by atoms with van der Waals surface area (Å²) < 4.78 is 10.9. The smallest absolute Gasteiger partial charge is 0.407 e. The molecule has 0 spiro atoms. The van der Waals surface area contributed by atoms with Gasteiger partial charge in [0, 0.05) is 39.1 Å². The first-order valence-electron chi connectivity index (χ1n) is 12.1. The maximum atomic E-state index is 12.5. The Hall–Kier alpha value is -3.39. The van der Waals surface area contributed by atoms with Crippen LogP contribution in [-0.2, 0) is 19.1 Å². The normalized spacial score (nSPS) is 15.6. The molecule has 0 saturated carbocycles. The van der Waals surface area contributed by atoms with Crippen molar-refractivity contribution >= 4 is 18.0 Å². The number of ether oxygens (including phenoxy) is 2. The molecule has 186 valence electrons. The second-order valence-corrected chi connectivity index (χ2v) is 9.22. The van der Waals surface area contributed by atoms with E-state index >= 15 is 0 Å². The van der Waals surface area contributed by atoms with Crippen LogP contribution in [0.3, 0.4) is 0 Å². The molecule has 1 unspecified atom stereocenters. The molecule has 4 rings (SSSR count). The summed E-state index contributed by atoms with van der Waals surface area (Å²) in [6, 6.07) is 16.3. The van der Waals surface area contributed by atoms with Crippen molar-refractivity contribution < 1.29 is 29.0 Å². The second-order valence-electron chi connectivity index (χ2n) is 9.22. The van der Waals surface area contributed by atoms with Crippen LogP contribution in [-0.4, -0.2) is 67.4 Å². The van der Waals surface area contributed by atoms with Gasteiger partial charge >= 0.3 is 12.1 Å². The average Bonchev–Trinajstić information content (AvgIpc) is 3.15. The minimum absolute atomic E-state index is 0.0113. The zero-order chi connectivity index (χ0) is 24.8. The van der Waals surface area contributed by atoms with Crippen molar-refractivity contribution in [2.24, 2.45) is 5.92 Å². The number of hydrogen-bond donors (Lipinski definition) is 2. The first kappa shape index (κ1) is 24.7. The van der Waals surface area contributed by atoms with Crippen molar-refractivity contribution in [2.45, 2.75) is 37.7 Å². The monoisotopic (exact) mass is 480 g/mol. The molecule has 8 heteroatoms. The lowest BCUT2D eigenvalue weighted by Crippen LogP contribution is -2.51. The standard InChI is InChI=1S/C27H32N2O6/c1-34-19(13-25(30)29-15-18(16-29)7-6-12-26(31)32)14-28-27(33)35-17-24-22-10-4-2-8-20(22)21-9-3-5-11-23(21)24/h2-5,8-11,18-19,24H,6-7,12-17H2,1H3,(H,28,33)(H,31,32). The number of rotatable bonds is 11. The molecule has 2 N–H and O–H groups in total. The Kier molecular flexibility index (Phi) is 8.02. The lowest BCUT2D eigenvalue weighted by Gasteiger charge is -2.40. The van der Waals surface area contributed by atoms with Gasteiger partial charge in [-0.1, -0.05) is 48.5 Å². The van der Waals surface area contributed by atoms with E-state index in [4.69, 9.17) is 14.6 Å². The topological polar surface area (TPSA) is 105 Å². The number of amides is 2. The third kappa shape index (κ3) is 6.00. The molecule has 2 aromatic carbocycles. The molecule has 35 heavy (non-hydrogen) atoms. The number of fused-ring (bicyclic) bond motifs is 3. The van der Waals surface area contributed by atoms with E-state index in [1.165, 1.54) is 18.2 Å². The van der Waals surface area contributed by atoms with E-state index in [1.807, 2.05) is 24.3 Å². The van der Waals surface area contributed by atoms with E-state index < -0.39 is 18.2 Å². The van der Waals surface area contributed by atoms with Crippen LogP contribution in [0, 0.1) is 5.92 Å². The van der Waals surface area contributed by atoms with Gasteiger partial charge in [0.1, 0.15) is 6.61 Å². The third-order valence-corrected chi connectivity index (χ3v) is 6.87. The summed E-state index contributed by atoms with van der Waals surface area (Å²) in [6.45, 7) is 1.70. The van der Waals surface area contributed by atoms with Gasteiger partial charge in [-0.25, -0.2) is 4.79 Å². The van der Waals surface area contributed by atoms with Gasteiger partial charge in [0.25, 0.3) is 0 Å². The van der Waals surface area contributed by atoms with E-state index in [9.17, 15) is 14.4 Å². The zero-order valence-corrected chi connectivity index (χ0v) is 19.9. The van der Waals surface area contributed by atoms with Gasteiger partial charge in [-0.3, -0.25) is 9.59 Å². The maximum absolute atomic E-state index is 12.5. The van der Waals surface area contributed by atoms with Crippen LogP contribution in [0.25, 0.3) is 11.1 Å². The number of nitrogens with one attached hydrogen (secondary N) is 1. The largest absolute Gasteiger partial charge is 0.481 e. The first-order valence-corrected chi connectivity index (χ1v) is 12.1. The van der Waals surface area contributed by atoms with Gasteiger partial charge in [0.2, 0.25) is 5.91 Å². The lowest BCUT2D eigenvalue weighted by molar-refractivity contribution is -0.141. The van der Waals surface area contributed by atoms with Crippen molar-refractivity contribution in [3.05, 3.63) is 59.7 Å². The summed E-state index contributed by atoms with van der Waals surface area (Å²) >= 11 is 0. The van der Waals surface area contributed by atoms with E-state index in [2.05, 4.69) is 29.6 Å². The number of hydrogen-bond acceptors (Lipinski definition) is 5. The molecule has 1 aliphatic carbocycles. The van der Waals surface area contributed by atoms with Crippen LogP contribution in [0.5, 0.6) is 0 Å². The number of alkyl carbamates (subject to hydrolysis) is 1. The molecule has 0 bridgehead atoms. The molecule has 1 atom stereocenters. The van der Waals surface area contributed by atoms with Gasteiger partial charge in [-0.15, -0.1) is 0 Å². The van der Waals surface area contributed by atoms with Crippen LogP contribution in [0.15, 0.2) is 48.5 Å². The molecule has 1 heterocycles. The summed E-state index contributed by atoms with van der Waals surface area (Å²) in [5, 5.41) is 11.4. The number of nitrogens with zero attached hydrogens (tertiary/aromatic N) is 1. The Labute approximate surface area is 205 Å². The molecule has 8 nitrogen and oxygen atoms in total. The fourth-order valence-corrected chi connectivity index (χ4v) is 4.91. The number of likely N-dealkylation sites (tertiary alicyclic amines) is 1. The highest BCUT2D eigenvalue weighted by atomic mass is 16.5. The highest BCUT2D eigenvalue weighted by molar-refractivity contribution is 5.79. The van der Waals surface area contributed by atoms with Crippen molar-refractivity contribution in [1.29, 1.82) is 0 Å². The Morgan fingerprint density at radius 3 is 2.29 bits per heavy atom. The number of carboxylic acid groups (broad SMARTS) is 1. The predicted octanol–water partition coefficient (Wildman–Crippen LogP) is 3.64. The Bertz CT molecular complexity index is 1020. The molecule has 2 amide bonds. The van der Waals surface area contributed by atoms with Crippen molar-refractivity contribution in [1.82, 2.24) is 10.2 Å². The molecule has 1 aliphatic heterocycles. The van der Waals surface area contributed by atoms with Crippen molar-refractivity contribution in [3.63, 3.8) is 0 Å². The van der Waals surface area contributed by atoms with Crippen molar-refractivity contribution in [3.8, 4) is 11.1 Å². The molecule has 2 aliphatic rings. The van der Waals surface area contributed by atoms with E-state index in [0.717, 1.165) is 17.5 Å². The first-order chi connectivity index (χ1) is 17.0. The molecule has 0 aromatic heterocycles. The van der Waals surface area contributed by atoms with Crippen LogP contribution in [0.4, 0.5) is 4.79 Å². The van der Waals surface area contributed by atoms with Gasteiger partial charge in [-0.05, 0) is 41.0 Å². The maximum Gasteiger partial charge on any atom is 0.407 e. The number of benzene rings is 2. The Morgan fingerprint density at radius 1 is 1.06 bits per heavy atom. The van der Waals surface area contributed by atoms with Crippen LogP contribution < -0.4 is 5.32 Å². The fraction of sp³-hybridized carbons (Fsp3) is 0.444. The summed E-state index contributed by atoms with van der Waals surface area (Å²) in [7, 11) is 1.52. The molecular weight excluding hydrogens is 448 g/mol. The van der Waals surface area contributed by atoms with Crippen LogP contribution in [0.1, 0.15) is 42.7 Å². The van der Waals surface area contributed by atoms with Gasteiger partial charge in [-0.2, -0.15) is 0 Å². The number of carbonyl (C=O) groups excluding carboxylic acids is 2. The molecule has 1 saturated heterocycles. The van der Waals surface area contributed by atoms with E-state index in [0.29, 0.717) is 25.4 Å². The quantitative estimate of drug-likeness (QED) is 0.509. The molecular formula is C27H32N2O6. The summed E-state index contributed by atoms with van der Waals surface area (Å²) in [5.74, 6) is -0.467. The zero-order valence-electron chi connectivity index (χ0n) is 19.9. The van der Waals surface area contributed by atoms with Gasteiger partial charge in [0.05, 0.1) is 12.5 Å². The third-order valence-electron chi connectivity index (χ3n) is 6.87. The molecule has 2 aromatic rings. The lowest BCUT2D eigenvalue weighted by atomic mass is 9.93. The summed E-state index contributed by atoms with van der Waals surface area (Å²) in [4.78, 5) is 37.3. The number of aliphatic carboxylic acids is 1. The van der Waals surface area contributed by atoms with E-state index in [-0.39, 0.29) is 37.8 Å². The second kappa shape index (κ2) is 11.4. The Morgan fingerprint density at radius 2 is 1.69 bits per heavy atom. The Balaban J connectivity index is 1.19.